The Bertz CT molecular complexity index is 713. The van der Waals surface area contributed by atoms with Crippen molar-refractivity contribution < 1.29 is 4.74 Å². The smallest absolute Gasteiger partial charge is 0.328 e. The highest BCUT2D eigenvalue weighted by molar-refractivity contribution is 5.76. The van der Waals surface area contributed by atoms with Gasteiger partial charge < -0.3 is 10.1 Å². The van der Waals surface area contributed by atoms with E-state index < -0.39 is 0 Å². The summed E-state index contributed by atoms with van der Waals surface area (Å²) in [6, 6.07) is 6.23. The fraction of sp³-hybridized carbons (Fsp3) is 0.588. The third kappa shape index (κ3) is 3.65. The standard InChI is InChI=1S/C17H26N4O2/c1-19-15-5-4-14(12-16(15)20(2)17(19)22)13-18-6-3-7-21-8-10-23-11-9-21/h4-5,12,18H,3,6-11,13H2,1-2H3. The molecule has 0 saturated carbocycles. The Morgan fingerprint density at radius 1 is 1.13 bits per heavy atom. The maximum atomic E-state index is 11.9. The minimum absolute atomic E-state index is 0.0237. The van der Waals surface area contributed by atoms with Crippen LogP contribution in [0.2, 0.25) is 0 Å². The van der Waals surface area contributed by atoms with Gasteiger partial charge in [0.1, 0.15) is 0 Å². The molecule has 0 unspecified atom stereocenters. The number of hydrogen-bond donors (Lipinski definition) is 1. The zero-order valence-electron chi connectivity index (χ0n) is 14.0. The van der Waals surface area contributed by atoms with Crippen molar-refractivity contribution in [3.63, 3.8) is 0 Å². The fourth-order valence-electron chi connectivity index (χ4n) is 3.15. The topological polar surface area (TPSA) is 51.4 Å². The first-order chi connectivity index (χ1) is 11.2. The molecule has 0 atom stereocenters. The molecule has 6 heteroatoms. The van der Waals surface area contributed by atoms with E-state index in [0.29, 0.717) is 0 Å². The van der Waals surface area contributed by atoms with Crippen LogP contribution in [0.4, 0.5) is 0 Å². The van der Waals surface area contributed by atoms with Gasteiger partial charge in [0.25, 0.3) is 0 Å². The molecule has 0 radical (unpaired) electrons. The SMILES string of the molecule is Cn1c(=O)n(C)c2cc(CNCCCN3CCOCC3)ccc21. The molecule has 1 N–H and O–H groups in total. The van der Waals surface area contributed by atoms with Gasteiger partial charge in [0.2, 0.25) is 0 Å². The van der Waals surface area contributed by atoms with Crippen molar-refractivity contribution in [1.29, 1.82) is 0 Å². The summed E-state index contributed by atoms with van der Waals surface area (Å²) in [7, 11) is 3.64. The van der Waals surface area contributed by atoms with Crippen LogP contribution in [-0.4, -0.2) is 53.4 Å². The minimum atomic E-state index is 0.0237. The highest BCUT2D eigenvalue weighted by Crippen LogP contribution is 2.13. The molecule has 126 valence electrons. The Morgan fingerprint density at radius 3 is 2.65 bits per heavy atom. The number of morpholine rings is 1. The Morgan fingerprint density at radius 2 is 1.87 bits per heavy atom. The van der Waals surface area contributed by atoms with E-state index >= 15 is 0 Å². The molecule has 2 aromatic rings. The molecule has 1 aliphatic heterocycles. The van der Waals surface area contributed by atoms with Crippen molar-refractivity contribution in [3.05, 3.63) is 34.2 Å². The zero-order chi connectivity index (χ0) is 16.2. The first-order valence-electron chi connectivity index (χ1n) is 8.32. The number of fused-ring (bicyclic) bond motifs is 1. The van der Waals surface area contributed by atoms with Gasteiger partial charge in [-0.25, -0.2) is 4.79 Å². The summed E-state index contributed by atoms with van der Waals surface area (Å²) in [5.41, 5.74) is 3.21. The number of imidazole rings is 1. The van der Waals surface area contributed by atoms with Crippen LogP contribution >= 0.6 is 0 Å². The van der Waals surface area contributed by atoms with Crippen LogP contribution in [0.25, 0.3) is 11.0 Å². The van der Waals surface area contributed by atoms with E-state index in [4.69, 9.17) is 4.74 Å². The number of aryl methyl sites for hydroxylation is 2. The average molecular weight is 318 g/mol. The summed E-state index contributed by atoms with van der Waals surface area (Å²) >= 11 is 0. The molecule has 0 aliphatic carbocycles. The van der Waals surface area contributed by atoms with Gasteiger partial charge in [-0.2, -0.15) is 0 Å². The van der Waals surface area contributed by atoms with Gasteiger partial charge in [-0.3, -0.25) is 14.0 Å². The van der Waals surface area contributed by atoms with Crippen molar-refractivity contribution in [2.45, 2.75) is 13.0 Å². The molecule has 3 rings (SSSR count). The van der Waals surface area contributed by atoms with Gasteiger partial charge in [-0.15, -0.1) is 0 Å². The van der Waals surface area contributed by atoms with Crippen LogP contribution < -0.4 is 11.0 Å². The molecule has 0 bridgehead atoms. The molecule has 0 spiro atoms. The van der Waals surface area contributed by atoms with Gasteiger partial charge in [-0.05, 0) is 37.2 Å². The summed E-state index contributed by atoms with van der Waals surface area (Å²) in [6.07, 6.45) is 1.14. The largest absolute Gasteiger partial charge is 0.379 e. The van der Waals surface area contributed by atoms with E-state index in [9.17, 15) is 4.79 Å². The van der Waals surface area contributed by atoms with Gasteiger partial charge in [0.05, 0.1) is 24.2 Å². The predicted octanol–water partition coefficient (Wildman–Crippen LogP) is 0.689. The van der Waals surface area contributed by atoms with Gasteiger partial charge >= 0.3 is 5.69 Å². The van der Waals surface area contributed by atoms with Crippen LogP contribution in [0, 0.1) is 0 Å². The van der Waals surface area contributed by atoms with Gasteiger partial charge in [-0.1, -0.05) is 6.07 Å². The van der Waals surface area contributed by atoms with Crippen LogP contribution in [0.5, 0.6) is 0 Å². The van der Waals surface area contributed by atoms with E-state index in [2.05, 4.69) is 22.3 Å². The Balaban J connectivity index is 1.49. The average Bonchev–Trinajstić information content (AvgIpc) is 2.80. The van der Waals surface area contributed by atoms with Crippen LogP contribution in [-0.2, 0) is 25.4 Å². The second kappa shape index (κ2) is 7.29. The van der Waals surface area contributed by atoms with E-state index in [1.807, 2.05) is 20.2 Å². The summed E-state index contributed by atoms with van der Waals surface area (Å²) in [6.45, 7) is 6.80. The summed E-state index contributed by atoms with van der Waals surface area (Å²) in [5.74, 6) is 0. The lowest BCUT2D eigenvalue weighted by Crippen LogP contribution is -2.37. The number of rotatable bonds is 6. The Kier molecular flexibility index (Phi) is 5.15. The third-order valence-electron chi connectivity index (χ3n) is 4.60. The number of aromatic nitrogens is 2. The van der Waals surface area contributed by atoms with E-state index in [0.717, 1.165) is 63.4 Å². The molecule has 23 heavy (non-hydrogen) atoms. The second-order valence-electron chi connectivity index (χ2n) is 6.21. The Hall–Kier alpha value is -1.63. The number of hydrogen-bond acceptors (Lipinski definition) is 4. The molecular formula is C17H26N4O2. The highest BCUT2D eigenvalue weighted by atomic mass is 16.5. The third-order valence-corrected chi connectivity index (χ3v) is 4.60. The first kappa shape index (κ1) is 16.2. The summed E-state index contributed by atoms with van der Waals surface area (Å²) < 4.78 is 8.75. The summed E-state index contributed by atoms with van der Waals surface area (Å²) in [4.78, 5) is 14.4. The maximum Gasteiger partial charge on any atom is 0.328 e. The maximum absolute atomic E-state index is 11.9. The number of benzene rings is 1. The quantitative estimate of drug-likeness (QED) is 0.796. The van der Waals surface area contributed by atoms with Crippen molar-refractivity contribution in [3.8, 4) is 0 Å². The molecule has 2 heterocycles. The monoisotopic (exact) mass is 318 g/mol. The molecule has 1 aromatic heterocycles. The van der Waals surface area contributed by atoms with Gasteiger partial charge in [0, 0.05) is 33.7 Å². The second-order valence-corrected chi connectivity index (χ2v) is 6.21. The summed E-state index contributed by atoms with van der Waals surface area (Å²) in [5, 5.41) is 3.49. The number of nitrogens with zero attached hydrogens (tertiary/aromatic N) is 3. The fourth-order valence-corrected chi connectivity index (χ4v) is 3.15. The molecule has 1 fully saturated rings. The van der Waals surface area contributed by atoms with Crippen molar-refractivity contribution in [2.75, 3.05) is 39.4 Å². The number of ether oxygens (including phenoxy) is 1. The van der Waals surface area contributed by atoms with E-state index in [1.165, 1.54) is 5.56 Å². The lowest BCUT2D eigenvalue weighted by Gasteiger charge is -2.26. The molecule has 1 saturated heterocycles. The first-order valence-corrected chi connectivity index (χ1v) is 8.32. The predicted molar refractivity (Wildman–Crippen MR) is 91.7 cm³/mol. The zero-order valence-corrected chi connectivity index (χ0v) is 14.0. The molecule has 1 aliphatic rings. The highest BCUT2D eigenvalue weighted by Gasteiger charge is 2.09. The molecule has 0 amide bonds. The van der Waals surface area contributed by atoms with Crippen LogP contribution in [0.15, 0.2) is 23.0 Å². The van der Waals surface area contributed by atoms with Gasteiger partial charge in [0.15, 0.2) is 0 Å². The van der Waals surface area contributed by atoms with Crippen molar-refractivity contribution in [2.24, 2.45) is 14.1 Å². The Labute approximate surface area is 136 Å². The van der Waals surface area contributed by atoms with Crippen LogP contribution in [0.1, 0.15) is 12.0 Å². The molecule has 1 aromatic carbocycles. The normalized spacial score (nSPS) is 16.3. The van der Waals surface area contributed by atoms with Crippen LogP contribution in [0.3, 0.4) is 0 Å². The molecular weight excluding hydrogens is 292 g/mol. The van der Waals surface area contributed by atoms with Crippen molar-refractivity contribution >= 4 is 11.0 Å². The lowest BCUT2D eigenvalue weighted by atomic mass is 10.2. The van der Waals surface area contributed by atoms with Crippen molar-refractivity contribution in [1.82, 2.24) is 19.4 Å². The lowest BCUT2D eigenvalue weighted by molar-refractivity contribution is 0.0374. The van der Waals surface area contributed by atoms with E-state index in [-0.39, 0.29) is 5.69 Å². The van der Waals surface area contributed by atoms with E-state index in [1.54, 1.807) is 9.13 Å². The molecule has 6 nitrogen and oxygen atoms in total. The minimum Gasteiger partial charge on any atom is -0.379 e. The number of nitrogens with one attached hydrogen (secondary N) is 1.